The molecule has 1 saturated heterocycles. The minimum absolute atomic E-state index is 0.227. The molecule has 7 heteroatoms. The van der Waals surface area contributed by atoms with Crippen LogP contribution in [0.2, 0.25) is 0 Å². The molecule has 0 radical (unpaired) electrons. The Balaban J connectivity index is 1.31. The summed E-state index contributed by atoms with van der Waals surface area (Å²) in [6.07, 6.45) is 5.42. The maximum atomic E-state index is 12.5. The minimum Gasteiger partial charge on any atom is -0.361 e. The zero-order chi connectivity index (χ0) is 17.4. The topological polar surface area (TPSA) is 77.1 Å². The third-order valence-electron chi connectivity index (χ3n) is 5.62. The average molecular weight is 343 g/mol. The summed E-state index contributed by atoms with van der Waals surface area (Å²) in [7, 11) is 0. The summed E-state index contributed by atoms with van der Waals surface area (Å²) in [5, 5.41) is 12.7. The molecule has 0 spiro atoms. The van der Waals surface area contributed by atoms with E-state index in [0.29, 0.717) is 18.8 Å². The van der Waals surface area contributed by atoms with E-state index >= 15 is 0 Å². The lowest BCUT2D eigenvalue weighted by molar-refractivity contribution is -0.132. The maximum Gasteiger partial charge on any atom is 0.222 e. The number of amides is 1. The van der Waals surface area contributed by atoms with Gasteiger partial charge in [0.1, 0.15) is 17.4 Å². The standard InChI is InChI=1S/C18H25N5O2/c1-12-15(13(2)25-21-12)5-6-17(24)22-10-7-14(8-11-22)18-20-19-16-4-3-9-23(16)18/h14H,3-11H2,1-2H3. The van der Waals surface area contributed by atoms with Gasteiger partial charge in [-0.1, -0.05) is 5.16 Å². The Morgan fingerprint density at radius 3 is 2.72 bits per heavy atom. The highest BCUT2D eigenvalue weighted by Crippen LogP contribution is 2.29. The summed E-state index contributed by atoms with van der Waals surface area (Å²) < 4.78 is 7.47. The van der Waals surface area contributed by atoms with Crippen LogP contribution in [0.5, 0.6) is 0 Å². The number of hydrogen-bond donors (Lipinski definition) is 0. The zero-order valence-electron chi connectivity index (χ0n) is 15.0. The molecule has 0 atom stereocenters. The first-order chi connectivity index (χ1) is 12.1. The first-order valence-corrected chi connectivity index (χ1v) is 9.25. The van der Waals surface area contributed by atoms with Crippen LogP contribution in [-0.2, 0) is 24.2 Å². The smallest absolute Gasteiger partial charge is 0.222 e. The van der Waals surface area contributed by atoms with E-state index < -0.39 is 0 Å². The molecule has 0 aromatic carbocycles. The van der Waals surface area contributed by atoms with Crippen molar-refractivity contribution >= 4 is 5.91 Å². The Labute approximate surface area is 147 Å². The molecule has 2 aliphatic heterocycles. The molecule has 0 unspecified atom stereocenters. The maximum absolute atomic E-state index is 12.5. The SMILES string of the molecule is Cc1noc(C)c1CCC(=O)N1CCC(c2nnc3n2CCC3)CC1. The minimum atomic E-state index is 0.227. The molecule has 0 bridgehead atoms. The molecule has 1 amide bonds. The number of fused-ring (bicyclic) bond motifs is 1. The first kappa shape index (κ1) is 16.3. The van der Waals surface area contributed by atoms with E-state index in [4.69, 9.17) is 4.52 Å². The summed E-state index contributed by atoms with van der Waals surface area (Å²) in [5.74, 6) is 3.75. The highest BCUT2D eigenvalue weighted by molar-refractivity contribution is 5.76. The third kappa shape index (κ3) is 3.07. The van der Waals surface area contributed by atoms with Crippen molar-refractivity contribution in [2.45, 2.75) is 64.8 Å². The van der Waals surface area contributed by atoms with Crippen LogP contribution in [0.1, 0.15) is 60.3 Å². The molecule has 2 aromatic heterocycles. The van der Waals surface area contributed by atoms with Crippen LogP contribution in [-0.4, -0.2) is 43.8 Å². The van der Waals surface area contributed by atoms with Crippen molar-refractivity contribution in [3.8, 4) is 0 Å². The van der Waals surface area contributed by atoms with E-state index in [-0.39, 0.29) is 5.91 Å². The van der Waals surface area contributed by atoms with Crippen molar-refractivity contribution in [1.29, 1.82) is 0 Å². The fourth-order valence-electron chi connectivity index (χ4n) is 4.11. The lowest BCUT2D eigenvalue weighted by Crippen LogP contribution is -2.38. The molecule has 7 nitrogen and oxygen atoms in total. The number of carbonyl (C=O) groups excluding carboxylic acids is 1. The predicted octanol–water partition coefficient (Wildman–Crippen LogP) is 2.17. The lowest BCUT2D eigenvalue weighted by Gasteiger charge is -2.31. The molecule has 4 rings (SSSR count). The van der Waals surface area contributed by atoms with Gasteiger partial charge < -0.3 is 14.0 Å². The number of piperidine rings is 1. The summed E-state index contributed by atoms with van der Waals surface area (Å²) in [4.78, 5) is 14.5. The Kier molecular flexibility index (Phi) is 4.31. The van der Waals surface area contributed by atoms with Gasteiger partial charge in [-0.25, -0.2) is 0 Å². The normalized spacial score (nSPS) is 17.9. The quantitative estimate of drug-likeness (QED) is 0.850. The average Bonchev–Trinajstić information content (AvgIpc) is 3.30. The van der Waals surface area contributed by atoms with Crippen molar-refractivity contribution < 1.29 is 9.32 Å². The van der Waals surface area contributed by atoms with E-state index in [0.717, 1.165) is 67.6 Å². The van der Waals surface area contributed by atoms with Crippen LogP contribution in [0, 0.1) is 13.8 Å². The Morgan fingerprint density at radius 2 is 2.00 bits per heavy atom. The van der Waals surface area contributed by atoms with Gasteiger partial charge >= 0.3 is 0 Å². The molecular weight excluding hydrogens is 318 g/mol. The summed E-state index contributed by atoms with van der Waals surface area (Å²) in [6.45, 7) is 6.51. The number of aryl methyl sites for hydroxylation is 3. The Hall–Kier alpha value is -2.18. The highest BCUT2D eigenvalue weighted by atomic mass is 16.5. The predicted molar refractivity (Wildman–Crippen MR) is 91.2 cm³/mol. The van der Waals surface area contributed by atoms with Crippen molar-refractivity contribution in [1.82, 2.24) is 24.8 Å². The molecule has 0 aliphatic carbocycles. The molecular formula is C18H25N5O2. The Bertz CT molecular complexity index is 751. The monoisotopic (exact) mass is 343 g/mol. The number of hydrogen-bond acceptors (Lipinski definition) is 5. The van der Waals surface area contributed by atoms with E-state index in [1.165, 1.54) is 6.42 Å². The molecule has 0 N–H and O–H groups in total. The molecule has 2 aliphatic rings. The van der Waals surface area contributed by atoms with Gasteiger partial charge in [0.05, 0.1) is 5.69 Å². The lowest BCUT2D eigenvalue weighted by atomic mass is 9.95. The van der Waals surface area contributed by atoms with Gasteiger partial charge in [0, 0.05) is 44.0 Å². The largest absolute Gasteiger partial charge is 0.361 e. The van der Waals surface area contributed by atoms with Crippen LogP contribution in [0.15, 0.2) is 4.52 Å². The van der Waals surface area contributed by atoms with Crippen LogP contribution in [0.3, 0.4) is 0 Å². The van der Waals surface area contributed by atoms with Crippen molar-refractivity contribution in [3.63, 3.8) is 0 Å². The molecule has 1 fully saturated rings. The second-order valence-corrected chi connectivity index (χ2v) is 7.19. The van der Waals surface area contributed by atoms with E-state index in [1.54, 1.807) is 0 Å². The van der Waals surface area contributed by atoms with Gasteiger partial charge in [-0.15, -0.1) is 10.2 Å². The van der Waals surface area contributed by atoms with Crippen molar-refractivity contribution in [2.75, 3.05) is 13.1 Å². The molecule has 4 heterocycles. The molecule has 134 valence electrons. The van der Waals surface area contributed by atoms with Gasteiger partial charge in [0.15, 0.2) is 0 Å². The van der Waals surface area contributed by atoms with Gasteiger partial charge in [-0.2, -0.15) is 0 Å². The summed E-state index contributed by atoms with van der Waals surface area (Å²) >= 11 is 0. The molecule has 0 saturated carbocycles. The zero-order valence-corrected chi connectivity index (χ0v) is 15.0. The number of likely N-dealkylation sites (tertiary alicyclic amines) is 1. The third-order valence-corrected chi connectivity index (χ3v) is 5.62. The van der Waals surface area contributed by atoms with Gasteiger partial charge in [0.2, 0.25) is 5.91 Å². The molecule has 25 heavy (non-hydrogen) atoms. The van der Waals surface area contributed by atoms with Crippen LogP contribution >= 0.6 is 0 Å². The second-order valence-electron chi connectivity index (χ2n) is 7.19. The van der Waals surface area contributed by atoms with Gasteiger partial charge in [0.25, 0.3) is 0 Å². The second kappa shape index (κ2) is 6.61. The van der Waals surface area contributed by atoms with Crippen LogP contribution in [0.4, 0.5) is 0 Å². The number of aromatic nitrogens is 4. The van der Waals surface area contributed by atoms with Crippen LogP contribution < -0.4 is 0 Å². The van der Waals surface area contributed by atoms with Crippen molar-refractivity contribution in [3.05, 3.63) is 28.7 Å². The van der Waals surface area contributed by atoms with E-state index in [1.807, 2.05) is 18.7 Å². The summed E-state index contributed by atoms with van der Waals surface area (Å²) in [6, 6.07) is 0. The fraction of sp³-hybridized carbons (Fsp3) is 0.667. The van der Waals surface area contributed by atoms with Gasteiger partial charge in [-0.05, 0) is 39.5 Å². The number of nitrogens with zero attached hydrogens (tertiary/aromatic N) is 5. The van der Waals surface area contributed by atoms with E-state index in [9.17, 15) is 4.79 Å². The Morgan fingerprint density at radius 1 is 1.20 bits per heavy atom. The van der Waals surface area contributed by atoms with Gasteiger partial charge in [-0.3, -0.25) is 4.79 Å². The first-order valence-electron chi connectivity index (χ1n) is 9.25. The number of carbonyl (C=O) groups is 1. The fourth-order valence-corrected chi connectivity index (χ4v) is 4.11. The highest BCUT2D eigenvalue weighted by Gasteiger charge is 2.29. The number of rotatable bonds is 4. The van der Waals surface area contributed by atoms with Crippen molar-refractivity contribution in [2.24, 2.45) is 0 Å². The molecule has 2 aromatic rings. The van der Waals surface area contributed by atoms with E-state index in [2.05, 4.69) is 19.9 Å². The van der Waals surface area contributed by atoms with Crippen LogP contribution in [0.25, 0.3) is 0 Å². The summed E-state index contributed by atoms with van der Waals surface area (Å²) in [5.41, 5.74) is 1.96.